The van der Waals surface area contributed by atoms with Crippen LogP contribution in [0, 0.1) is 6.92 Å². The zero-order valence-electron chi connectivity index (χ0n) is 12.7. The van der Waals surface area contributed by atoms with Gasteiger partial charge in [-0.15, -0.1) is 0 Å². The van der Waals surface area contributed by atoms with E-state index in [2.05, 4.69) is 39.3 Å². The third kappa shape index (κ3) is 1.85. The number of amides is 1. The first-order valence-corrected chi connectivity index (χ1v) is 7.76. The first-order valence-electron chi connectivity index (χ1n) is 7.76. The van der Waals surface area contributed by atoms with E-state index in [1.54, 1.807) is 0 Å². The van der Waals surface area contributed by atoms with Crippen molar-refractivity contribution in [2.45, 2.75) is 57.7 Å². The molecule has 6 nitrogen and oxygen atoms in total. The molecule has 3 aliphatic rings. The fourth-order valence-electron chi connectivity index (χ4n) is 3.88. The summed E-state index contributed by atoms with van der Waals surface area (Å²) >= 11 is 0. The number of aromatic nitrogens is 2. The molecule has 2 fully saturated rings. The van der Waals surface area contributed by atoms with E-state index in [4.69, 9.17) is 0 Å². The molecule has 21 heavy (non-hydrogen) atoms. The summed E-state index contributed by atoms with van der Waals surface area (Å²) in [7, 11) is 0. The Bertz CT molecular complexity index is 614. The minimum Gasteiger partial charge on any atom is -0.340 e. The van der Waals surface area contributed by atoms with Crippen molar-refractivity contribution in [1.82, 2.24) is 15.3 Å². The molecule has 3 aliphatic heterocycles. The van der Waals surface area contributed by atoms with Crippen LogP contribution in [0.25, 0.3) is 0 Å². The summed E-state index contributed by atoms with van der Waals surface area (Å²) in [6.45, 7) is 6.98. The first kappa shape index (κ1) is 13.0. The van der Waals surface area contributed by atoms with Crippen LogP contribution in [0.5, 0.6) is 0 Å². The Labute approximate surface area is 124 Å². The SMILES string of the molecule is Cc1nc(C(C)C)c2c(n1)N1C[C@@H]3CCC(N3)C1C(=O)N2. The van der Waals surface area contributed by atoms with Crippen LogP contribution in [0.4, 0.5) is 11.5 Å². The van der Waals surface area contributed by atoms with Gasteiger partial charge in [0.2, 0.25) is 5.91 Å². The molecule has 1 amide bonds. The van der Waals surface area contributed by atoms with Gasteiger partial charge in [0.05, 0.1) is 5.69 Å². The van der Waals surface area contributed by atoms with E-state index in [-0.39, 0.29) is 23.9 Å². The molecule has 1 aromatic rings. The lowest BCUT2D eigenvalue weighted by Crippen LogP contribution is -2.64. The first-order chi connectivity index (χ1) is 10.0. The molecule has 0 saturated carbocycles. The summed E-state index contributed by atoms with van der Waals surface area (Å²) in [4.78, 5) is 24.0. The van der Waals surface area contributed by atoms with Gasteiger partial charge in [-0.25, -0.2) is 9.97 Å². The number of fused-ring (bicyclic) bond motifs is 6. The number of aryl methyl sites for hydroxylation is 1. The van der Waals surface area contributed by atoms with Crippen molar-refractivity contribution in [3.8, 4) is 0 Å². The molecule has 2 bridgehead atoms. The Balaban J connectivity index is 1.86. The van der Waals surface area contributed by atoms with Crippen LogP contribution in [-0.2, 0) is 4.79 Å². The second kappa shape index (κ2) is 4.40. The van der Waals surface area contributed by atoms with Gasteiger partial charge in [0.15, 0.2) is 5.82 Å². The van der Waals surface area contributed by atoms with Crippen molar-refractivity contribution in [3.05, 3.63) is 11.5 Å². The van der Waals surface area contributed by atoms with E-state index in [1.165, 1.54) is 0 Å². The van der Waals surface area contributed by atoms with Crippen molar-refractivity contribution in [2.75, 3.05) is 16.8 Å². The Morgan fingerprint density at radius 3 is 2.86 bits per heavy atom. The minimum absolute atomic E-state index is 0.0784. The second-order valence-corrected chi connectivity index (χ2v) is 6.64. The lowest BCUT2D eigenvalue weighted by molar-refractivity contribution is -0.118. The Morgan fingerprint density at radius 1 is 1.29 bits per heavy atom. The van der Waals surface area contributed by atoms with Crippen molar-refractivity contribution in [3.63, 3.8) is 0 Å². The van der Waals surface area contributed by atoms with Crippen molar-refractivity contribution < 1.29 is 4.79 Å². The molecule has 0 aliphatic carbocycles. The zero-order valence-corrected chi connectivity index (χ0v) is 12.7. The highest BCUT2D eigenvalue weighted by molar-refractivity contribution is 6.04. The van der Waals surface area contributed by atoms with Crippen molar-refractivity contribution >= 4 is 17.4 Å². The Kier molecular flexibility index (Phi) is 2.73. The summed E-state index contributed by atoms with van der Waals surface area (Å²) in [5.41, 5.74) is 1.76. The number of hydrogen-bond donors (Lipinski definition) is 2. The number of nitrogens with zero attached hydrogens (tertiary/aromatic N) is 3. The van der Waals surface area contributed by atoms with E-state index in [0.29, 0.717) is 6.04 Å². The van der Waals surface area contributed by atoms with Gasteiger partial charge in [-0.1, -0.05) is 13.8 Å². The predicted molar refractivity (Wildman–Crippen MR) is 80.6 cm³/mol. The molecule has 0 radical (unpaired) electrons. The number of carbonyl (C=O) groups is 1. The van der Waals surface area contributed by atoms with Gasteiger partial charge < -0.3 is 15.5 Å². The van der Waals surface area contributed by atoms with Crippen LogP contribution in [0.2, 0.25) is 0 Å². The monoisotopic (exact) mass is 287 g/mol. The molecule has 112 valence electrons. The molecule has 2 N–H and O–H groups in total. The smallest absolute Gasteiger partial charge is 0.248 e. The number of carbonyl (C=O) groups excluding carboxylic acids is 1. The standard InChI is InChI=1S/C15H21N5O/c1-7(2)11-12-14(17-8(3)16-11)20-6-9-4-5-10(18-9)13(20)15(21)19-12/h7,9-10,13,18H,4-6H2,1-3H3,(H,19,21)/t9-,10?,13?/m0/s1. The van der Waals surface area contributed by atoms with Crippen LogP contribution < -0.4 is 15.5 Å². The van der Waals surface area contributed by atoms with Gasteiger partial charge in [-0.05, 0) is 25.7 Å². The van der Waals surface area contributed by atoms with Crippen LogP contribution in [-0.4, -0.2) is 40.5 Å². The zero-order chi connectivity index (χ0) is 14.7. The Morgan fingerprint density at radius 2 is 2.10 bits per heavy atom. The van der Waals surface area contributed by atoms with Gasteiger partial charge in [-0.3, -0.25) is 4.79 Å². The summed E-state index contributed by atoms with van der Waals surface area (Å²) in [6.07, 6.45) is 2.21. The minimum atomic E-state index is -0.134. The molecular formula is C15H21N5O. The van der Waals surface area contributed by atoms with E-state index in [0.717, 1.165) is 42.4 Å². The van der Waals surface area contributed by atoms with E-state index in [1.807, 2.05) is 6.92 Å². The number of anilines is 2. The molecular weight excluding hydrogens is 266 g/mol. The fourth-order valence-corrected chi connectivity index (χ4v) is 3.88. The molecule has 0 spiro atoms. The molecule has 1 aromatic heterocycles. The molecule has 3 atom stereocenters. The molecule has 2 saturated heterocycles. The Hall–Kier alpha value is -1.69. The fraction of sp³-hybridized carbons (Fsp3) is 0.667. The molecule has 2 unspecified atom stereocenters. The quantitative estimate of drug-likeness (QED) is 0.811. The third-order valence-corrected chi connectivity index (χ3v) is 4.78. The second-order valence-electron chi connectivity index (χ2n) is 6.64. The average molecular weight is 287 g/mol. The highest BCUT2D eigenvalue weighted by Gasteiger charge is 2.48. The van der Waals surface area contributed by atoms with E-state index < -0.39 is 0 Å². The van der Waals surface area contributed by atoms with Crippen molar-refractivity contribution in [1.29, 1.82) is 0 Å². The van der Waals surface area contributed by atoms with Gasteiger partial charge in [0.1, 0.15) is 17.6 Å². The highest BCUT2D eigenvalue weighted by atomic mass is 16.2. The number of nitrogens with one attached hydrogen (secondary N) is 2. The maximum absolute atomic E-state index is 12.6. The maximum atomic E-state index is 12.6. The average Bonchev–Trinajstić information content (AvgIpc) is 2.80. The highest BCUT2D eigenvalue weighted by Crippen LogP contribution is 2.40. The topological polar surface area (TPSA) is 70.2 Å². The number of rotatable bonds is 1. The molecule has 0 aromatic carbocycles. The lowest BCUT2D eigenvalue weighted by Gasteiger charge is -2.44. The van der Waals surface area contributed by atoms with Gasteiger partial charge in [-0.2, -0.15) is 0 Å². The van der Waals surface area contributed by atoms with Gasteiger partial charge >= 0.3 is 0 Å². The number of piperazine rings is 1. The number of hydrogen-bond acceptors (Lipinski definition) is 5. The molecule has 6 heteroatoms. The van der Waals surface area contributed by atoms with Crippen molar-refractivity contribution in [2.24, 2.45) is 0 Å². The van der Waals surface area contributed by atoms with Gasteiger partial charge in [0.25, 0.3) is 0 Å². The molecule has 4 rings (SSSR count). The van der Waals surface area contributed by atoms with E-state index >= 15 is 0 Å². The molecule has 4 heterocycles. The van der Waals surface area contributed by atoms with Crippen LogP contribution in [0.15, 0.2) is 0 Å². The largest absolute Gasteiger partial charge is 0.340 e. The lowest BCUT2D eigenvalue weighted by atomic mass is 9.99. The van der Waals surface area contributed by atoms with Crippen LogP contribution in [0.1, 0.15) is 44.1 Å². The van der Waals surface area contributed by atoms with Crippen LogP contribution >= 0.6 is 0 Å². The predicted octanol–water partition coefficient (Wildman–Crippen LogP) is 1.17. The maximum Gasteiger partial charge on any atom is 0.248 e. The van der Waals surface area contributed by atoms with E-state index in [9.17, 15) is 4.79 Å². The van der Waals surface area contributed by atoms with Gasteiger partial charge in [0, 0.05) is 18.6 Å². The summed E-state index contributed by atoms with van der Waals surface area (Å²) < 4.78 is 0. The summed E-state index contributed by atoms with van der Waals surface area (Å²) in [5.74, 6) is 2.03. The summed E-state index contributed by atoms with van der Waals surface area (Å²) in [5, 5.41) is 6.63. The summed E-state index contributed by atoms with van der Waals surface area (Å²) in [6, 6.07) is 0.586. The normalized spacial score (nSPS) is 30.2. The van der Waals surface area contributed by atoms with Crippen LogP contribution in [0.3, 0.4) is 0 Å². The third-order valence-electron chi connectivity index (χ3n) is 4.78.